The van der Waals surface area contributed by atoms with Gasteiger partial charge in [-0.1, -0.05) is 6.07 Å². The maximum absolute atomic E-state index is 13.0. The Bertz CT molecular complexity index is 481. The van der Waals surface area contributed by atoms with E-state index in [2.05, 4.69) is 12.2 Å². The first kappa shape index (κ1) is 15.8. The first-order chi connectivity index (χ1) is 10.1. The number of hydrogen-bond donors (Lipinski definition) is 1. The number of likely N-dealkylation sites (N-methyl/N-ethyl adjacent to an activating group) is 1. The van der Waals surface area contributed by atoms with Crippen molar-refractivity contribution in [3.63, 3.8) is 0 Å². The van der Waals surface area contributed by atoms with Crippen LogP contribution in [-0.4, -0.2) is 43.6 Å². The number of nitrogens with one attached hydrogen (secondary N) is 1. The molecular weight excluding hydrogens is 271 g/mol. The summed E-state index contributed by atoms with van der Waals surface area (Å²) in [6.45, 7) is 3.87. The van der Waals surface area contributed by atoms with Crippen molar-refractivity contribution in [2.45, 2.75) is 25.8 Å². The first-order valence-electron chi connectivity index (χ1n) is 7.43. The number of halogens is 1. The third-order valence-electron chi connectivity index (χ3n) is 3.84. The zero-order valence-corrected chi connectivity index (χ0v) is 12.6. The second-order valence-electron chi connectivity index (χ2n) is 5.64. The van der Waals surface area contributed by atoms with Crippen molar-refractivity contribution in [1.82, 2.24) is 10.2 Å². The molecule has 1 aliphatic heterocycles. The van der Waals surface area contributed by atoms with Gasteiger partial charge in [-0.2, -0.15) is 0 Å². The van der Waals surface area contributed by atoms with Crippen molar-refractivity contribution >= 4 is 5.91 Å². The van der Waals surface area contributed by atoms with Crippen LogP contribution in [0.2, 0.25) is 0 Å². The van der Waals surface area contributed by atoms with E-state index in [-0.39, 0.29) is 17.6 Å². The summed E-state index contributed by atoms with van der Waals surface area (Å²) < 4.78 is 18.5. The van der Waals surface area contributed by atoms with E-state index in [1.54, 1.807) is 24.1 Å². The van der Waals surface area contributed by atoms with Crippen molar-refractivity contribution in [3.8, 4) is 5.75 Å². The predicted octanol–water partition coefficient (Wildman–Crippen LogP) is 2.05. The molecule has 1 aliphatic rings. The Balaban J connectivity index is 1.76. The molecule has 0 spiro atoms. The number of carbonyl (C=O) groups is 1. The highest BCUT2D eigenvalue weighted by molar-refractivity contribution is 5.78. The van der Waals surface area contributed by atoms with Gasteiger partial charge in [-0.15, -0.1) is 0 Å². The maximum atomic E-state index is 13.0. The number of amides is 1. The molecule has 5 heteroatoms. The van der Waals surface area contributed by atoms with Crippen molar-refractivity contribution in [2.75, 3.05) is 26.7 Å². The molecule has 21 heavy (non-hydrogen) atoms. The van der Waals surface area contributed by atoms with Gasteiger partial charge in [-0.05, 0) is 38.4 Å². The number of hydrogen-bond acceptors (Lipinski definition) is 3. The van der Waals surface area contributed by atoms with Gasteiger partial charge in [0.15, 0.2) is 0 Å². The summed E-state index contributed by atoms with van der Waals surface area (Å²) in [5.41, 5.74) is 0. The highest BCUT2D eigenvalue weighted by Gasteiger charge is 2.26. The fourth-order valence-electron chi connectivity index (χ4n) is 2.64. The minimum Gasteiger partial charge on any atom is -0.492 e. The highest BCUT2D eigenvalue weighted by Crippen LogP contribution is 2.18. The van der Waals surface area contributed by atoms with E-state index >= 15 is 0 Å². The van der Waals surface area contributed by atoms with E-state index in [1.165, 1.54) is 12.1 Å². The zero-order chi connectivity index (χ0) is 15.2. The van der Waals surface area contributed by atoms with Gasteiger partial charge in [-0.25, -0.2) is 4.39 Å². The van der Waals surface area contributed by atoms with Crippen molar-refractivity contribution in [1.29, 1.82) is 0 Å². The SMILES string of the molecule is CC1CC(C(=O)N(C)CCOc2cccc(F)c2)CCN1. The molecule has 2 unspecified atom stereocenters. The van der Waals surface area contributed by atoms with E-state index in [9.17, 15) is 9.18 Å². The molecule has 2 rings (SSSR count). The zero-order valence-electron chi connectivity index (χ0n) is 12.6. The quantitative estimate of drug-likeness (QED) is 0.903. The van der Waals surface area contributed by atoms with Crippen molar-refractivity contribution < 1.29 is 13.9 Å². The number of benzene rings is 1. The molecule has 1 heterocycles. The van der Waals surface area contributed by atoms with Gasteiger partial charge >= 0.3 is 0 Å². The average Bonchev–Trinajstić information content (AvgIpc) is 2.46. The Morgan fingerprint density at radius 2 is 2.33 bits per heavy atom. The minimum atomic E-state index is -0.319. The van der Waals surface area contributed by atoms with Gasteiger partial charge in [-0.3, -0.25) is 4.79 Å². The number of rotatable bonds is 5. The summed E-state index contributed by atoms with van der Waals surface area (Å²) in [6, 6.07) is 6.43. The van der Waals surface area contributed by atoms with Crippen LogP contribution in [0.4, 0.5) is 4.39 Å². The molecule has 1 aromatic carbocycles. The van der Waals surface area contributed by atoms with Crippen LogP contribution in [0.1, 0.15) is 19.8 Å². The molecule has 0 aliphatic carbocycles. The standard InChI is InChI=1S/C16H23FN2O2/c1-12-10-13(6-7-18-12)16(20)19(2)8-9-21-15-5-3-4-14(17)11-15/h3-5,11-13,18H,6-10H2,1-2H3. The van der Waals surface area contributed by atoms with Gasteiger partial charge < -0.3 is 15.0 Å². The fourth-order valence-corrected chi connectivity index (χ4v) is 2.64. The lowest BCUT2D eigenvalue weighted by atomic mass is 9.92. The molecule has 1 fully saturated rings. The molecule has 4 nitrogen and oxygen atoms in total. The molecular formula is C16H23FN2O2. The van der Waals surface area contributed by atoms with Crippen LogP contribution in [0.3, 0.4) is 0 Å². The van der Waals surface area contributed by atoms with Crippen LogP contribution in [0, 0.1) is 11.7 Å². The van der Waals surface area contributed by atoms with Crippen LogP contribution in [-0.2, 0) is 4.79 Å². The monoisotopic (exact) mass is 294 g/mol. The summed E-state index contributed by atoms with van der Waals surface area (Å²) in [5, 5.41) is 3.34. The van der Waals surface area contributed by atoms with E-state index in [0.29, 0.717) is 24.9 Å². The van der Waals surface area contributed by atoms with E-state index in [0.717, 1.165) is 19.4 Å². The Kier molecular flexibility index (Phi) is 5.56. The predicted molar refractivity (Wildman–Crippen MR) is 79.7 cm³/mol. The van der Waals surface area contributed by atoms with Crippen LogP contribution < -0.4 is 10.1 Å². The third kappa shape index (κ3) is 4.70. The van der Waals surface area contributed by atoms with E-state index in [4.69, 9.17) is 4.74 Å². The molecule has 0 saturated carbocycles. The normalized spacial score (nSPS) is 21.9. The molecule has 1 saturated heterocycles. The second kappa shape index (κ2) is 7.41. The summed E-state index contributed by atoms with van der Waals surface area (Å²) in [5.74, 6) is 0.443. The topological polar surface area (TPSA) is 41.6 Å². The van der Waals surface area contributed by atoms with Gasteiger partial charge in [0.05, 0.1) is 6.54 Å². The van der Waals surface area contributed by atoms with Crippen LogP contribution in [0.15, 0.2) is 24.3 Å². The summed E-state index contributed by atoms with van der Waals surface area (Å²) in [6.07, 6.45) is 1.77. The smallest absolute Gasteiger partial charge is 0.225 e. The molecule has 1 aromatic rings. The molecule has 1 amide bonds. The Labute approximate surface area is 125 Å². The van der Waals surface area contributed by atoms with Crippen LogP contribution >= 0.6 is 0 Å². The van der Waals surface area contributed by atoms with E-state index in [1.807, 2.05) is 0 Å². The van der Waals surface area contributed by atoms with E-state index < -0.39 is 0 Å². The molecule has 2 atom stereocenters. The summed E-state index contributed by atoms with van der Waals surface area (Å²) in [4.78, 5) is 14.0. The number of carbonyl (C=O) groups excluding carboxylic acids is 1. The molecule has 0 aromatic heterocycles. The summed E-state index contributed by atoms with van der Waals surface area (Å²) >= 11 is 0. The largest absolute Gasteiger partial charge is 0.492 e. The average molecular weight is 294 g/mol. The lowest BCUT2D eigenvalue weighted by Gasteiger charge is -2.30. The Morgan fingerprint density at radius 3 is 3.05 bits per heavy atom. The number of ether oxygens (including phenoxy) is 1. The maximum Gasteiger partial charge on any atom is 0.225 e. The Morgan fingerprint density at radius 1 is 1.52 bits per heavy atom. The number of piperidine rings is 1. The second-order valence-corrected chi connectivity index (χ2v) is 5.64. The van der Waals surface area contributed by atoms with Crippen molar-refractivity contribution in [3.05, 3.63) is 30.1 Å². The number of nitrogens with zero attached hydrogens (tertiary/aromatic N) is 1. The Hall–Kier alpha value is -1.62. The third-order valence-corrected chi connectivity index (χ3v) is 3.84. The van der Waals surface area contributed by atoms with Gasteiger partial charge in [0.1, 0.15) is 18.2 Å². The van der Waals surface area contributed by atoms with Crippen LogP contribution in [0.25, 0.3) is 0 Å². The van der Waals surface area contributed by atoms with Crippen LogP contribution in [0.5, 0.6) is 5.75 Å². The first-order valence-corrected chi connectivity index (χ1v) is 7.43. The highest BCUT2D eigenvalue weighted by atomic mass is 19.1. The molecule has 1 N–H and O–H groups in total. The summed E-state index contributed by atoms with van der Waals surface area (Å²) in [7, 11) is 1.80. The van der Waals surface area contributed by atoms with Crippen molar-refractivity contribution in [2.24, 2.45) is 5.92 Å². The molecule has 116 valence electrons. The lowest BCUT2D eigenvalue weighted by molar-refractivity contribution is -0.135. The lowest BCUT2D eigenvalue weighted by Crippen LogP contribution is -2.43. The van der Waals surface area contributed by atoms with Gasteiger partial charge in [0, 0.05) is 25.1 Å². The van der Waals surface area contributed by atoms with Gasteiger partial charge in [0.2, 0.25) is 5.91 Å². The molecule has 0 bridgehead atoms. The molecule has 0 radical (unpaired) electrons. The fraction of sp³-hybridized carbons (Fsp3) is 0.562. The van der Waals surface area contributed by atoms with Gasteiger partial charge in [0.25, 0.3) is 0 Å². The minimum absolute atomic E-state index is 0.0976.